The van der Waals surface area contributed by atoms with E-state index >= 15 is 0 Å². The lowest BCUT2D eigenvalue weighted by Crippen LogP contribution is -2.41. The summed E-state index contributed by atoms with van der Waals surface area (Å²) >= 11 is 3.43. The predicted octanol–water partition coefficient (Wildman–Crippen LogP) is 2.94. The standard InChI is InChI=1S/C16H22BrNO4/c1-5-18(9-8-15(19)21-4)16(20)12(3)22-14-7-6-11(2)10-13(14)17/h6-7,10,12H,5,8-9H2,1-4H3. The van der Waals surface area contributed by atoms with Gasteiger partial charge in [-0.15, -0.1) is 0 Å². The molecule has 0 saturated heterocycles. The van der Waals surface area contributed by atoms with Crippen LogP contribution in [0.4, 0.5) is 0 Å². The Kier molecular flexibility index (Phi) is 7.38. The number of hydrogen-bond acceptors (Lipinski definition) is 4. The second-order valence-electron chi connectivity index (χ2n) is 4.94. The third-order valence-corrected chi connectivity index (χ3v) is 3.87. The van der Waals surface area contributed by atoms with Gasteiger partial charge in [-0.1, -0.05) is 6.07 Å². The van der Waals surface area contributed by atoms with Gasteiger partial charge < -0.3 is 14.4 Å². The van der Waals surface area contributed by atoms with Crippen LogP contribution in [0.5, 0.6) is 5.75 Å². The number of hydrogen-bond donors (Lipinski definition) is 0. The fourth-order valence-electron chi connectivity index (χ4n) is 1.95. The molecule has 5 nitrogen and oxygen atoms in total. The Morgan fingerprint density at radius 1 is 1.36 bits per heavy atom. The molecule has 0 saturated carbocycles. The number of carbonyl (C=O) groups is 2. The molecule has 0 fully saturated rings. The summed E-state index contributed by atoms with van der Waals surface area (Å²) in [6.07, 6.45) is -0.451. The van der Waals surface area contributed by atoms with Gasteiger partial charge in [0.05, 0.1) is 18.0 Å². The number of halogens is 1. The van der Waals surface area contributed by atoms with E-state index in [1.807, 2.05) is 32.0 Å². The van der Waals surface area contributed by atoms with Crippen molar-refractivity contribution >= 4 is 27.8 Å². The molecule has 1 aromatic carbocycles. The maximum Gasteiger partial charge on any atom is 0.307 e. The molecule has 0 bridgehead atoms. The Morgan fingerprint density at radius 3 is 2.59 bits per heavy atom. The van der Waals surface area contributed by atoms with Crippen molar-refractivity contribution in [3.63, 3.8) is 0 Å². The topological polar surface area (TPSA) is 55.8 Å². The van der Waals surface area contributed by atoms with Crippen LogP contribution >= 0.6 is 15.9 Å². The summed E-state index contributed by atoms with van der Waals surface area (Å²) in [5, 5.41) is 0. The van der Waals surface area contributed by atoms with Crippen molar-refractivity contribution in [1.82, 2.24) is 4.90 Å². The molecule has 0 aliphatic carbocycles. The van der Waals surface area contributed by atoms with Gasteiger partial charge in [-0.3, -0.25) is 9.59 Å². The van der Waals surface area contributed by atoms with Crippen LogP contribution in [-0.4, -0.2) is 43.1 Å². The Hall–Kier alpha value is -1.56. The summed E-state index contributed by atoms with van der Waals surface area (Å²) in [4.78, 5) is 25.2. The number of rotatable bonds is 7. The van der Waals surface area contributed by atoms with E-state index in [1.54, 1.807) is 11.8 Å². The van der Waals surface area contributed by atoms with Gasteiger partial charge >= 0.3 is 5.97 Å². The molecule has 0 aliphatic heterocycles. The number of ether oxygens (including phenoxy) is 2. The molecule has 0 heterocycles. The van der Waals surface area contributed by atoms with Gasteiger partial charge in [0.15, 0.2) is 6.10 Å². The van der Waals surface area contributed by atoms with Crippen molar-refractivity contribution in [2.45, 2.75) is 33.3 Å². The third kappa shape index (κ3) is 5.33. The van der Waals surface area contributed by atoms with Crippen molar-refractivity contribution in [2.75, 3.05) is 20.2 Å². The first-order chi connectivity index (χ1) is 10.4. The SMILES string of the molecule is CCN(CCC(=O)OC)C(=O)C(C)Oc1ccc(C)cc1Br. The first kappa shape index (κ1) is 18.5. The number of carbonyl (C=O) groups excluding carboxylic acids is 2. The van der Waals surface area contributed by atoms with Crippen molar-refractivity contribution in [2.24, 2.45) is 0 Å². The van der Waals surface area contributed by atoms with Crippen molar-refractivity contribution in [1.29, 1.82) is 0 Å². The van der Waals surface area contributed by atoms with E-state index in [2.05, 4.69) is 20.7 Å². The minimum atomic E-state index is -0.628. The normalized spacial score (nSPS) is 11.7. The first-order valence-corrected chi connectivity index (χ1v) is 7.96. The van der Waals surface area contributed by atoms with Crippen LogP contribution in [-0.2, 0) is 14.3 Å². The number of esters is 1. The Labute approximate surface area is 139 Å². The second kappa shape index (κ2) is 8.78. The molecule has 0 aromatic heterocycles. The van der Waals surface area contributed by atoms with E-state index < -0.39 is 6.10 Å². The molecule has 22 heavy (non-hydrogen) atoms. The van der Waals surface area contributed by atoms with E-state index in [0.717, 1.165) is 10.0 Å². The lowest BCUT2D eigenvalue weighted by molar-refractivity contribution is -0.143. The van der Waals surface area contributed by atoms with Crippen LogP contribution in [0.2, 0.25) is 0 Å². The molecule has 0 spiro atoms. The zero-order chi connectivity index (χ0) is 16.7. The van der Waals surface area contributed by atoms with Gasteiger partial charge in [-0.05, 0) is 54.4 Å². The molecule has 0 aliphatic rings. The molecule has 0 N–H and O–H groups in total. The maximum atomic E-state index is 12.4. The zero-order valence-corrected chi connectivity index (χ0v) is 15.0. The van der Waals surface area contributed by atoms with Crippen LogP contribution in [0.3, 0.4) is 0 Å². The number of aryl methyl sites for hydroxylation is 1. The van der Waals surface area contributed by atoms with E-state index in [9.17, 15) is 9.59 Å². The Balaban J connectivity index is 2.67. The molecule has 0 radical (unpaired) electrons. The number of nitrogens with zero attached hydrogens (tertiary/aromatic N) is 1. The highest BCUT2D eigenvalue weighted by molar-refractivity contribution is 9.10. The van der Waals surface area contributed by atoms with Gasteiger partial charge in [-0.25, -0.2) is 0 Å². The summed E-state index contributed by atoms with van der Waals surface area (Å²) in [5.41, 5.74) is 1.10. The van der Waals surface area contributed by atoms with Gasteiger partial charge in [-0.2, -0.15) is 0 Å². The summed E-state index contributed by atoms with van der Waals surface area (Å²) in [7, 11) is 1.33. The van der Waals surface area contributed by atoms with Crippen molar-refractivity contribution < 1.29 is 19.1 Å². The lowest BCUT2D eigenvalue weighted by Gasteiger charge is -2.24. The fourth-order valence-corrected chi connectivity index (χ4v) is 2.54. The third-order valence-electron chi connectivity index (χ3n) is 3.25. The zero-order valence-electron chi connectivity index (χ0n) is 13.4. The minimum absolute atomic E-state index is 0.154. The predicted molar refractivity (Wildman–Crippen MR) is 87.9 cm³/mol. The average molecular weight is 372 g/mol. The van der Waals surface area contributed by atoms with Gasteiger partial charge in [0.1, 0.15) is 5.75 Å². The number of likely N-dealkylation sites (N-methyl/N-ethyl adjacent to an activating group) is 1. The molecular weight excluding hydrogens is 350 g/mol. The molecule has 1 amide bonds. The largest absolute Gasteiger partial charge is 0.480 e. The summed E-state index contributed by atoms with van der Waals surface area (Å²) in [6.45, 7) is 6.39. The lowest BCUT2D eigenvalue weighted by atomic mass is 10.2. The molecule has 122 valence electrons. The van der Waals surface area contributed by atoms with Gasteiger partial charge in [0.25, 0.3) is 5.91 Å². The summed E-state index contributed by atoms with van der Waals surface area (Å²) < 4.78 is 11.1. The molecule has 1 aromatic rings. The van der Waals surface area contributed by atoms with E-state index in [-0.39, 0.29) is 18.3 Å². The van der Waals surface area contributed by atoms with E-state index in [1.165, 1.54) is 7.11 Å². The van der Waals surface area contributed by atoms with Crippen LogP contribution in [0, 0.1) is 6.92 Å². The van der Waals surface area contributed by atoms with Crippen molar-refractivity contribution in [3.05, 3.63) is 28.2 Å². The van der Waals surface area contributed by atoms with E-state index in [4.69, 9.17) is 4.74 Å². The Morgan fingerprint density at radius 2 is 2.05 bits per heavy atom. The molecule has 1 rings (SSSR count). The summed E-state index contributed by atoms with van der Waals surface area (Å²) in [5.74, 6) is 0.135. The van der Waals surface area contributed by atoms with E-state index in [0.29, 0.717) is 18.8 Å². The van der Waals surface area contributed by atoms with Crippen molar-refractivity contribution in [3.8, 4) is 5.75 Å². The first-order valence-electron chi connectivity index (χ1n) is 7.17. The maximum absolute atomic E-state index is 12.4. The van der Waals surface area contributed by atoms with Crippen LogP contribution in [0.1, 0.15) is 25.8 Å². The monoisotopic (exact) mass is 371 g/mol. The second-order valence-corrected chi connectivity index (χ2v) is 5.79. The fraction of sp³-hybridized carbons (Fsp3) is 0.500. The highest BCUT2D eigenvalue weighted by Crippen LogP contribution is 2.26. The number of benzene rings is 1. The summed E-state index contributed by atoms with van der Waals surface area (Å²) in [6, 6.07) is 5.68. The van der Waals surface area contributed by atoms with Crippen LogP contribution in [0.15, 0.2) is 22.7 Å². The number of amides is 1. The highest BCUT2D eigenvalue weighted by atomic mass is 79.9. The quantitative estimate of drug-likeness (QED) is 0.691. The highest BCUT2D eigenvalue weighted by Gasteiger charge is 2.22. The van der Waals surface area contributed by atoms with Crippen LogP contribution < -0.4 is 4.74 Å². The number of methoxy groups -OCH3 is 1. The van der Waals surface area contributed by atoms with Gasteiger partial charge in [0, 0.05) is 13.1 Å². The molecule has 1 unspecified atom stereocenters. The smallest absolute Gasteiger partial charge is 0.307 e. The van der Waals surface area contributed by atoms with Gasteiger partial charge in [0.2, 0.25) is 0 Å². The molecular formula is C16H22BrNO4. The Bertz CT molecular complexity index is 533. The van der Waals surface area contributed by atoms with Crippen LogP contribution in [0.25, 0.3) is 0 Å². The molecule has 6 heteroatoms. The molecule has 1 atom stereocenters. The minimum Gasteiger partial charge on any atom is -0.480 e. The average Bonchev–Trinajstić information content (AvgIpc) is 2.49.